The SMILES string of the molecule is COC(=O)CC1=CC(SCC(=O)Nc2ccc(C)c(C)c2)=Nc2cc(C)c(C)cc2N1. The van der Waals surface area contributed by atoms with Gasteiger partial charge in [-0.2, -0.15) is 0 Å². The molecule has 0 aliphatic carbocycles. The van der Waals surface area contributed by atoms with Crippen LogP contribution in [-0.2, 0) is 14.3 Å². The quantitative estimate of drug-likeness (QED) is 0.629. The largest absolute Gasteiger partial charge is 0.469 e. The Hall–Kier alpha value is -3.06. The molecule has 0 bridgehead atoms. The molecule has 6 nitrogen and oxygen atoms in total. The molecular weight excluding hydrogens is 410 g/mol. The molecule has 0 aromatic heterocycles. The highest BCUT2D eigenvalue weighted by Gasteiger charge is 2.16. The average molecular weight is 438 g/mol. The van der Waals surface area contributed by atoms with E-state index in [1.807, 2.05) is 58.0 Å². The minimum absolute atomic E-state index is 0.0945. The van der Waals surface area contributed by atoms with Gasteiger partial charge in [0.15, 0.2) is 0 Å². The van der Waals surface area contributed by atoms with Gasteiger partial charge >= 0.3 is 5.97 Å². The first-order valence-corrected chi connectivity index (χ1v) is 11.0. The number of hydrogen-bond donors (Lipinski definition) is 2. The molecule has 3 rings (SSSR count). The molecule has 162 valence electrons. The summed E-state index contributed by atoms with van der Waals surface area (Å²) in [5, 5.41) is 6.88. The molecule has 0 atom stereocenters. The van der Waals surface area contributed by atoms with Gasteiger partial charge in [0.05, 0.1) is 35.7 Å². The number of ether oxygens (including phenoxy) is 1. The number of aliphatic imine (C=N–C) groups is 1. The summed E-state index contributed by atoms with van der Waals surface area (Å²) in [5.41, 5.74) is 7.61. The lowest BCUT2D eigenvalue weighted by Gasteiger charge is -2.12. The van der Waals surface area contributed by atoms with Gasteiger partial charge in [0, 0.05) is 11.4 Å². The summed E-state index contributed by atoms with van der Waals surface area (Å²) in [6.07, 6.45) is 1.90. The molecule has 2 aromatic carbocycles. The summed E-state index contributed by atoms with van der Waals surface area (Å²) in [7, 11) is 1.36. The van der Waals surface area contributed by atoms with E-state index in [0.29, 0.717) is 10.7 Å². The van der Waals surface area contributed by atoms with E-state index in [-0.39, 0.29) is 24.1 Å². The molecule has 1 amide bonds. The van der Waals surface area contributed by atoms with E-state index >= 15 is 0 Å². The summed E-state index contributed by atoms with van der Waals surface area (Å²) in [4.78, 5) is 29.1. The maximum atomic E-state index is 12.5. The van der Waals surface area contributed by atoms with Crippen molar-refractivity contribution in [2.75, 3.05) is 23.5 Å². The van der Waals surface area contributed by atoms with Gasteiger partial charge in [0.25, 0.3) is 0 Å². The highest BCUT2D eigenvalue weighted by atomic mass is 32.2. The van der Waals surface area contributed by atoms with Gasteiger partial charge < -0.3 is 15.4 Å². The van der Waals surface area contributed by atoms with Crippen LogP contribution in [0.5, 0.6) is 0 Å². The lowest BCUT2D eigenvalue weighted by atomic mass is 10.1. The summed E-state index contributed by atoms with van der Waals surface area (Å²) in [6.45, 7) is 8.11. The van der Waals surface area contributed by atoms with Crippen molar-refractivity contribution in [1.29, 1.82) is 0 Å². The smallest absolute Gasteiger partial charge is 0.311 e. The van der Waals surface area contributed by atoms with Gasteiger partial charge in [0.2, 0.25) is 5.91 Å². The van der Waals surface area contributed by atoms with Crippen LogP contribution in [0.15, 0.2) is 47.1 Å². The first-order chi connectivity index (χ1) is 14.7. The summed E-state index contributed by atoms with van der Waals surface area (Å²) < 4.78 is 4.81. The van der Waals surface area contributed by atoms with Gasteiger partial charge in [-0.3, -0.25) is 9.59 Å². The lowest BCUT2D eigenvalue weighted by Crippen LogP contribution is -2.15. The number of aryl methyl sites for hydroxylation is 4. The molecular formula is C24H27N3O3S. The highest BCUT2D eigenvalue weighted by molar-refractivity contribution is 8.14. The summed E-state index contributed by atoms with van der Waals surface area (Å²) >= 11 is 1.33. The number of methoxy groups -OCH3 is 1. The van der Waals surface area contributed by atoms with E-state index in [1.165, 1.54) is 24.4 Å². The van der Waals surface area contributed by atoms with E-state index < -0.39 is 0 Å². The number of carbonyl (C=O) groups excluding carboxylic acids is 2. The third kappa shape index (κ3) is 5.98. The molecule has 1 heterocycles. The van der Waals surface area contributed by atoms with Gasteiger partial charge in [0.1, 0.15) is 0 Å². The number of thioether (sulfide) groups is 1. The highest BCUT2D eigenvalue weighted by Crippen LogP contribution is 2.33. The van der Waals surface area contributed by atoms with Gasteiger partial charge in [-0.15, -0.1) is 0 Å². The number of esters is 1. The molecule has 31 heavy (non-hydrogen) atoms. The number of rotatable bonds is 5. The summed E-state index contributed by atoms with van der Waals surface area (Å²) in [6, 6.07) is 9.86. The van der Waals surface area contributed by atoms with Crippen LogP contribution in [0.3, 0.4) is 0 Å². The van der Waals surface area contributed by atoms with Crippen molar-refractivity contribution in [1.82, 2.24) is 0 Å². The fourth-order valence-corrected chi connectivity index (χ4v) is 3.79. The van der Waals surface area contributed by atoms with Crippen molar-refractivity contribution in [2.45, 2.75) is 34.1 Å². The number of anilines is 2. The Kier molecular flexibility index (Phi) is 7.17. The van der Waals surface area contributed by atoms with Crippen molar-refractivity contribution in [3.8, 4) is 0 Å². The van der Waals surface area contributed by atoms with E-state index in [9.17, 15) is 9.59 Å². The number of hydrogen-bond acceptors (Lipinski definition) is 6. The number of amides is 1. The minimum atomic E-state index is -0.345. The Bertz CT molecular complexity index is 1090. The molecule has 0 saturated heterocycles. The zero-order valence-corrected chi connectivity index (χ0v) is 19.3. The first kappa shape index (κ1) is 22.6. The van der Waals surface area contributed by atoms with E-state index in [2.05, 4.69) is 10.6 Å². The van der Waals surface area contributed by atoms with Crippen LogP contribution in [0.1, 0.15) is 28.7 Å². The van der Waals surface area contributed by atoms with Crippen molar-refractivity contribution >= 4 is 45.7 Å². The van der Waals surface area contributed by atoms with E-state index in [0.717, 1.165) is 33.8 Å². The Labute approximate surface area is 187 Å². The molecule has 1 aliphatic heterocycles. The number of benzene rings is 2. The Morgan fingerprint density at radius 1 is 1.03 bits per heavy atom. The molecule has 0 spiro atoms. The van der Waals surface area contributed by atoms with Crippen LogP contribution in [0.2, 0.25) is 0 Å². The second-order valence-corrected chi connectivity index (χ2v) is 8.58. The van der Waals surface area contributed by atoms with Crippen LogP contribution in [-0.4, -0.2) is 29.8 Å². The minimum Gasteiger partial charge on any atom is -0.469 e. The average Bonchev–Trinajstić information content (AvgIpc) is 2.88. The van der Waals surface area contributed by atoms with Crippen molar-refractivity contribution in [3.63, 3.8) is 0 Å². The second-order valence-electron chi connectivity index (χ2n) is 7.59. The molecule has 0 unspecified atom stereocenters. The van der Waals surface area contributed by atoms with Crippen LogP contribution in [0.25, 0.3) is 0 Å². The molecule has 0 fully saturated rings. The van der Waals surface area contributed by atoms with Crippen LogP contribution in [0.4, 0.5) is 17.1 Å². The Morgan fingerprint density at radius 2 is 1.74 bits per heavy atom. The standard InChI is InChI=1S/C24H27N3O3S/c1-14-6-7-18(8-15(14)2)26-22(28)13-31-23-11-19(12-24(29)30-5)25-20-9-16(3)17(4)10-21(20)27-23/h6-11,25H,12-13H2,1-5H3,(H,26,28). The number of fused-ring (bicyclic) bond motifs is 1. The van der Waals surface area contributed by atoms with Crippen molar-refractivity contribution in [2.24, 2.45) is 4.99 Å². The van der Waals surface area contributed by atoms with Gasteiger partial charge in [-0.25, -0.2) is 4.99 Å². The zero-order valence-electron chi connectivity index (χ0n) is 18.5. The number of carbonyl (C=O) groups is 2. The molecule has 1 aliphatic rings. The fraction of sp³-hybridized carbons (Fsp3) is 0.292. The predicted molar refractivity (Wildman–Crippen MR) is 128 cm³/mol. The Morgan fingerprint density at radius 3 is 2.45 bits per heavy atom. The maximum absolute atomic E-state index is 12.5. The fourth-order valence-electron chi connectivity index (χ4n) is 3.06. The van der Waals surface area contributed by atoms with E-state index in [4.69, 9.17) is 9.73 Å². The van der Waals surface area contributed by atoms with Crippen LogP contribution in [0, 0.1) is 27.7 Å². The van der Waals surface area contributed by atoms with Crippen molar-refractivity contribution in [3.05, 3.63) is 64.4 Å². The summed E-state index contributed by atoms with van der Waals surface area (Å²) in [5.74, 6) is -0.257. The van der Waals surface area contributed by atoms with Gasteiger partial charge in [-0.1, -0.05) is 17.8 Å². The Balaban J connectivity index is 1.78. The lowest BCUT2D eigenvalue weighted by molar-refractivity contribution is -0.139. The molecule has 0 saturated carbocycles. The monoisotopic (exact) mass is 437 g/mol. The number of nitrogens with one attached hydrogen (secondary N) is 2. The first-order valence-electron chi connectivity index (χ1n) is 9.99. The zero-order chi connectivity index (χ0) is 22.5. The second kappa shape index (κ2) is 9.83. The molecule has 2 aromatic rings. The topological polar surface area (TPSA) is 79.8 Å². The normalized spacial score (nSPS) is 12.7. The van der Waals surface area contributed by atoms with Crippen molar-refractivity contribution < 1.29 is 14.3 Å². The maximum Gasteiger partial charge on any atom is 0.311 e. The predicted octanol–water partition coefficient (Wildman–Crippen LogP) is 5.19. The number of nitrogens with zero attached hydrogens (tertiary/aromatic N) is 1. The molecule has 0 radical (unpaired) electrons. The van der Waals surface area contributed by atoms with Gasteiger partial charge in [-0.05, 0) is 80.3 Å². The van der Waals surface area contributed by atoms with Crippen LogP contribution >= 0.6 is 11.8 Å². The van der Waals surface area contributed by atoms with E-state index in [1.54, 1.807) is 6.08 Å². The van der Waals surface area contributed by atoms with Crippen LogP contribution < -0.4 is 10.6 Å². The third-order valence-electron chi connectivity index (χ3n) is 5.14. The molecule has 2 N–H and O–H groups in total. The molecule has 7 heteroatoms. The third-order valence-corrected chi connectivity index (χ3v) is 6.05.